The summed E-state index contributed by atoms with van der Waals surface area (Å²) in [4.78, 5) is 14.7. The highest BCUT2D eigenvalue weighted by Gasteiger charge is 2.38. The smallest absolute Gasteiger partial charge is 0.449 e. The van der Waals surface area contributed by atoms with Crippen molar-refractivity contribution in [1.82, 2.24) is 9.55 Å². The van der Waals surface area contributed by atoms with Crippen LogP contribution in [-0.2, 0) is 12.7 Å². The van der Waals surface area contributed by atoms with Crippen LogP contribution in [0.5, 0.6) is 0 Å². The minimum absolute atomic E-state index is 0.0250. The van der Waals surface area contributed by atoms with Gasteiger partial charge in [0.25, 0.3) is 0 Å². The van der Waals surface area contributed by atoms with Crippen LogP contribution in [0, 0.1) is 5.92 Å². The van der Waals surface area contributed by atoms with Crippen LogP contribution in [0.4, 0.5) is 13.2 Å². The average Bonchev–Trinajstić information content (AvgIpc) is 2.77. The summed E-state index contributed by atoms with van der Waals surface area (Å²) in [6.07, 6.45) is -3.90. The summed E-state index contributed by atoms with van der Waals surface area (Å²) >= 11 is 0. The lowest BCUT2D eigenvalue weighted by Gasteiger charge is -2.15. The van der Waals surface area contributed by atoms with Crippen molar-refractivity contribution >= 4 is 17.0 Å². The van der Waals surface area contributed by atoms with E-state index in [1.165, 1.54) is 18.2 Å². The Morgan fingerprint density at radius 2 is 2.10 bits per heavy atom. The lowest BCUT2D eigenvalue weighted by molar-refractivity contribution is -0.147. The van der Waals surface area contributed by atoms with Gasteiger partial charge >= 0.3 is 12.1 Å². The molecule has 1 N–H and O–H groups in total. The quantitative estimate of drug-likeness (QED) is 0.934. The fourth-order valence-electron chi connectivity index (χ4n) is 2.16. The van der Waals surface area contributed by atoms with Crippen molar-refractivity contribution in [3.8, 4) is 0 Å². The molecule has 1 heterocycles. The number of para-hydroxylation sites is 1. The van der Waals surface area contributed by atoms with Gasteiger partial charge in [0.15, 0.2) is 0 Å². The van der Waals surface area contributed by atoms with Gasteiger partial charge in [0, 0.05) is 6.54 Å². The van der Waals surface area contributed by atoms with Crippen LogP contribution in [0.1, 0.15) is 36.5 Å². The number of nitrogens with zero attached hydrogens (tertiary/aromatic N) is 2. The number of imidazole rings is 1. The number of hydrogen-bond donors (Lipinski definition) is 1. The molecule has 21 heavy (non-hydrogen) atoms. The second kappa shape index (κ2) is 5.38. The molecular formula is C14H15F3N2O2. The molecule has 7 heteroatoms. The maximum absolute atomic E-state index is 13.1. The van der Waals surface area contributed by atoms with E-state index < -0.39 is 18.0 Å². The van der Waals surface area contributed by atoms with Gasteiger partial charge in [-0.05, 0) is 18.1 Å². The number of alkyl halides is 3. The molecule has 0 fully saturated rings. The Labute approximate surface area is 119 Å². The van der Waals surface area contributed by atoms with E-state index in [0.29, 0.717) is 0 Å². The van der Waals surface area contributed by atoms with E-state index in [1.54, 1.807) is 0 Å². The summed E-state index contributed by atoms with van der Waals surface area (Å²) in [6, 6.07) is 4.15. The van der Waals surface area contributed by atoms with Crippen molar-refractivity contribution in [2.75, 3.05) is 0 Å². The normalized spacial score (nSPS) is 13.6. The highest BCUT2D eigenvalue weighted by Crippen LogP contribution is 2.33. The number of carbonyl (C=O) groups is 1. The van der Waals surface area contributed by atoms with E-state index >= 15 is 0 Å². The van der Waals surface area contributed by atoms with Crippen molar-refractivity contribution in [3.63, 3.8) is 0 Å². The minimum Gasteiger partial charge on any atom is -0.478 e. The summed E-state index contributed by atoms with van der Waals surface area (Å²) < 4.78 is 40.5. The summed E-state index contributed by atoms with van der Waals surface area (Å²) in [5.74, 6) is -2.31. The van der Waals surface area contributed by atoms with E-state index in [2.05, 4.69) is 4.98 Å². The average molecular weight is 300 g/mol. The van der Waals surface area contributed by atoms with Crippen molar-refractivity contribution < 1.29 is 23.1 Å². The molecule has 1 unspecified atom stereocenters. The Morgan fingerprint density at radius 1 is 1.43 bits per heavy atom. The predicted octanol–water partition coefficient (Wildman–Crippen LogP) is 3.80. The first-order valence-electron chi connectivity index (χ1n) is 6.55. The van der Waals surface area contributed by atoms with Gasteiger partial charge in [0.2, 0.25) is 5.82 Å². The van der Waals surface area contributed by atoms with Crippen molar-refractivity contribution in [2.24, 2.45) is 5.92 Å². The molecule has 2 rings (SSSR count). The van der Waals surface area contributed by atoms with E-state index in [1.807, 2.05) is 13.8 Å². The number of aromatic carboxylic acids is 1. The monoisotopic (exact) mass is 300 g/mol. The standard InChI is InChI=1S/C14H15F3N2O2/c1-3-8(2)7-19-10-6-4-5-9(12(20)21)11(10)18-13(19)14(15,16)17/h4-6,8H,3,7H2,1-2H3,(H,20,21). The van der Waals surface area contributed by atoms with E-state index in [9.17, 15) is 18.0 Å². The molecule has 0 saturated heterocycles. The third kappa shape index (κ3) is 2.86. The molecule has 0 spiro atoms. The van der Waals surface area contributed by atoms with Crippen LogP contribution < -0.4 is 0 Å². The third-order valence-corrected chi connectivity index (χ3v) is 3.45. The molecular weight excluding hydrogens is 285 g/mol. The molecule has 0 aliphatic rings. The molecule has 1 aromatic heterocycles. The highest BCUT2D eigenvalue weighted by atomic mass is 19.4. The fraction of sp³-hybridized carbons (Fsp3) is 0.429. The topological polar surface area (TPSA) is 55.1 Å². The van der Waals surface area contributed by atoms with Crippen LogP contribution in [-0.4, -0.2) is 20.6 Å². The molecule has 0 amide bonds. The molecule has 1 atom stereocenters. The molecule has 2 aromatic rings. The molecule has 0 radical (unpaired) electrons. The first-order valence-corrected chi connectivity index (χ1v) is 6.55. The number of benzene rings is 1. The predicted molar refractivity (Wildman–Crippen MR) is 71.1 cm³/mol. The molecule has 4 nitrogen and oxygen atoms in total. The van der Waals surface area contributed by atoms with E-state index in [0.717, 1.165) is 11.0 Å². The zero-order chi connectivity index (χ0) is 15.8. The Hall–Kier alpha value is -2.05. The van der Waals surface area contributed by atoms with Crippen molar-refractivity contribution in [1.29, 1.82) is 0 Å². The van der Waals surface area contributed by atoms with Crippen LogP contribution in [0.2, 0.25) is 0 Å². The molecule has 1 aromatic carbocycles. The number of rotatable bonds is 4. The summed E-state index contributed by atoms with van der Waals surface area (Å²) in [5, 5.41) is 9.08. The maximum Gasteiger partial charge on any atom is 0.449 e. The zero-order valence-corrected chi connectivity index (χ0v) is 11.6. The van der Waals surface area contributed by atoms with E-state index in [-0.39, 0.29) is 29.1 Å². The van der Waals surface area contributed by atoms with E-state index in [4.69, 9.17) is 5.11 Å². The van der Waals surface area contributed by atoms with Gasteiger partial charge in [0.05, 0.1) is 11.1 Å². The number of aromatic nitrogens is 2. The van der Waals surface area contributed by atoms with Gasteiger partial charge in [0.1, 0.15) is 5.52 Å². The number of carboxylic acids is 1. The number of hydrogen-bond acceptors (Lipinski definition) is 2. The van der Waals surface area contributed by atoms with Crippen molar-refractivity contribution in [3.05, 3.63) is 29.6 Å². The lowest BCUT2D eigenvalue weighted by Crippen LogP contribution is -2.17. The van der Waals surface area contributed by atoms with Crippen LogP contribution in [0.3, 0.4) is 0 Å². The van der Waals surface area contributed by atoms with Crippen LogP contribution >= 0.6 is 0 Å². The third-order valence-electron chi connectivity index (χ3n) is 3.45. The van der Waals surface area contributed by atoms with Crippen molar-refractivity contribution in [2.45, 2.75) is 33.0 Å². The molecule has 114 valence electrons. The Bertz CT molecular complexity index is 677. The molecule has 0 aliphatic carbocycles. The van der Waals surface area contributed by atoms with Gasteiger partial charge in [-0.1, -0.05) is 26.3 Å². The number of fused-ring (bicyclic) bond motifs is 1. The highest BCUT2D eigenvalue weighted by molar-refractivity contribution is 6.01. The van der Waals surface area contributed by atoms with Gasteiger partial charge in [-0.25, -0.2) is 9.78 Å². The Morgan fingerprint density at radius 3 is 2.62 bits per heavy atom. The molecule has 0 aliphatic heterocycles. The SMILES string of the molecule is CCC(C)Cn1c(C(F)(F)F)nc2c(C(=O)O)cccc21. The maximum atomic E-state index is 13.1. The fourth-order valence-corrected chi connectivity index (χ4v) is 2.16. The summed E-state index contributed by atoms with van der Waals surface area (Å²) in [7, 11) is 0. The minimum atomic E-state index is -4.62. The van der Waals surface area contributed by atoms with Crippen LogP contribution in [0.25, 0.3) is 11.0 Å². The largest absolute Gasteiger partial charge is 0.478 e. The first-order chi connectivity index (χ1) is 9.75. The second-order valence-corrected chi connectivity index (χ2v) is 5.04. The molecule has 0 bridgehead atoms. The molecule has 0 saturated carbocycles. The van der Waals surface area contributed by atoms with Gasteiger partial charge in [-0.3, -0.25) is 0 Å². The van der Waals surface area contributed by atoms with Gasteiger partial charge in [-0.15, -0.1) is 0 Å². The van der Waals surface area contributed by atoms with Gasteiger partial charge < -0.3 is 9.67 Å². The lowest BCUT2D eigenvalue weighted by atomic mass is 10.1. The summed E-state index contributed by atoms with van der Waals surface area (Å²) in [6.45, 7) is 3.87. The Kier molecular flexibility index (Phi) is 3.93. The number of carboxylic acid groups (broad SMARTS) is 1. The van der Waals surface area contributed by atoms with Gasteiger partial charge in [-0.2, -0.15) is 13.2 Å². The second-order valence-electron chi connectivity index (χ2n) is 5.04. The number of halogens is 3. The van der Waals surface area contributed by atoms with Crippen LogP contribution in [0.15, 0.2) is 18.2 Å². The summed E-state index contributed by atoms with van der Waals surface area (Å²) in [5.41, 5.74) is -0.149. The zero-order valence-electron chi connectivity index (χ0n) is 11.6. The Balaban J connectivity index is 2.73. The first kappa shape index (κ1) is 15.3.